The number of terminal acetylenes is 1. The molecule has 0 spiro atoms. The lowest BCUT2D eigenvalue weighted by atomic mass is 10.1. The van der Waals surface area contributed by atoms with Gasteiger partial charge in [0.15, 0.2) is 0 Å². The van der Waals surface area contributed by atoms with Gasteiger partial charge in [-0.05, 0) is 11.1 Å². The summed E-state index contributed by atoms with van der Waals surface area (Å²) in [6.07, 6.45) is 5.34. The summed E-state index contributed by atoms with van der Waals surface area (Å²) >= 11 is 0. The van der Waals surface area contributed by atoms with E-state index in [0.717, 1.165) is 5.56 Å². The maximum absolute atomic E-state index is 11.8. The second-order valence-corrected chi connectivity index (χ2v) is 4.05. The summed E-state index contributed by atoms with van der Waals surface area (Å²) in [6, 6.07) is 8.91. The van der Waals surface area contributed by atoms with E-state index in [-0.39, 0.29) is 13.1 Å². The van der Waals surface area contributed by atoms with Gasteiger partial charge in [0.1, 0.15) is 6.04 Å². The SMILES string of the molecule is C#CCN(Cc1ccccc1)[C@@H](CN=[N+]=[N-])C(=O)OC. The van der Waals surface area contributed by atoms with Gasteiger partial charge in [0.25, 0.3) is 0 Å². The molecule has 0 heterocycles. The van der Waals surface area contributed by atoms with Crippen molar-refractivity contribution in [2.24, 2.45) is 5.11 Å². The molecule has 20 heavy (non-hydrogen) atoms. The molecular weight excluding hydrogens is 256 g/mol. The van der Waals surface area contributed by atoms with Gasteiger partial charge in [-0.3, -0.25) is 9.69 Å². The summed E-state index contributed by atoms with van der Waals surface area (Å²) in [7, 11) is 1.29. The van der Waals surface area contributed by atoms with Gasteiger partial charge in [-0.1, -0.05) is 41.4 Å². The summed E-state index contributed by atoms with van der Waals surface area (Å²) < 4.78 is 4.74. The number of methoxy groups -OCH3 is 1. The first-order valence-electron chi connectivity index (χ1n) is 6.03. The molecule has 0 saturated carbocycles. The van der Waals surface area contributed by atoms with Crippen molar-refractivity contribution in [1.82, 2.24) is 4.90 Å². The highest BCUT2D eigenvalue weighted by Crippen LogP contribution is 2.10. The average Bonchev–Trinajstić information content (AvgIpc) is 2.48. The highest BCUT2D eigenvalue weighted by Gasteiger charge is 2.25. The fourth-order valence-electron chi connectivity index (χ4n) is 1.80. The van der Waals surface area contributed by atoms with Crippen LogP contribution in [-0.2, 0) is 16.1 Å². The molecule has 104 valence electrons. The first-order valence-corrected chi connectivity index (χ1v) is 6.03. The van der Waals surface area contributed by atoms with Crippen LogP contribution in [0.5, 0.6) is 0 Å². The molecule has 1 aromatic carbocycles. The molecule has 0 aliphatic carbocycles. The first-order chi connectivity index (χ1) is 9.72. The number of rotatable bonds is 7. The van der Waals surface area contributed by atoms with E-state index in [1.54, 1.807) is 4.90 Å². The molecule has 1 atom stereocenters. The molecule has 0 bridgehead atoms. The van der Waals surface area contributed by atoms with Gasteiger partial charge in [-0.25, -0.2) is 0 Å². The van der Waals surface area contributed by atoms with Crippen LogP contribution in [-0.4, -0.2) is 37.1 Å². The molecule has 1 aromatic rings. The van der Waals surface area contributed by atoms with Crippen molar-refractivity contribution in [1.29, 1.82) is 0 Å². The predicted molar refractivity (Wildman–Crippen MR) is 75.5 cm³/mol. The van der Waals surface area contributed by atoms with Gasteiger partial charge in [-0.2, -0.15) is 0 Å². The Hall–Kier alpha value is -2.48. The molecule has 0 fully saturated rings. The van der Waals surface area contributed by atoms with Crippen LogP contribution in [0, 0.1) is 12.3 Å². The molecule has 0 radical (unpaired) electrons. The maximum Gasteiger partial charge on any atom is 0.323 e. The lowest BCUT2D eigenvalue weighted by molar-refractivity contribution is -0.146. The van der Waals surface area contributed by atoms with Crippen LogP contribution in [0.1, 0.15) is 5.56 Å². The van der Waals surface area contributed by atoms with Gasteiger partial charge >= 0.3 is 5.97 Å². The van der Waals surface area contributed by atoms with Gasteiger partial charge in [0.2, 0.25) is 0 Å². The van der Waals surface area contributed by atoms with Crippen molar-refractivity contribution in [3.05, 3.63) is 46.3 Å². The summed E-state index contributed by atoms with van der Waals surface area (Å²) in [6.45, 7) is 0.721. The van der Waals surface area contributed by atoms with Crippen LogP contribution in [0.2, 0.25) is 0 Å². The van der Waals surface area contributed by atoms with Crippen LogP contribution >= 0.6 is 0 Å². The fraction of sp³-hybridized carbons (Fsp3) is 0.357. The zero-order valence-corrected chi connectivity index (χ0v) is 11.3. The molecule has 6 heteroatoms. The quantitative estimate of drug-likeness (QED) is 0.250. The van der Waals surface area contributed by atoms with Crippen LogP contribution in [0.3, 0.4) is 0 Å². The van der Waals surface area contributed by atoms with Gasteiger partial charge in [-0.15, -0.1) is 6.42 Å². The predicted octanol–water partition coefficient (Wildman–Crippen LogP) is 1.97. The topological polar surface area (TPSA) is 78.3 Å². The van der Waals surface area contributed by atoms with Crippen molar-refractivity contribution in [3.63, 3.8) is 0 Å². The van der Waals surface area contributed by atoms with E-state index in [9.17, 15) is 4.79 Å². The second kappa shape index (κ2) is 8.59. The van der Waals surface area contributed by atoms with Gasteiger partial charge in [0, 0.05) is 11.5 Å². The molecule has 0 amide bonds. The molecule has 1 rings (SSSR count). The number of nitrogens with zero attached hydrogens (tertiary/aromatic N) is 4. The Morgan fingerprint density at radius 3 is 2.80 bits per heavy atom. The minimum Gasteiger partial charge on any atom is -0.468 e. The normalized spacial score (nSPS) is 11.2. The van der Waals surface area contributed by atoms with Crippen molar-refractivity contribution < 1.29 is 9.53 Å². The van der Waals surface area contributed by atoms with Crippen molar-refractivity contribution >= 4 is 5.97 Å². The van der Waals surface area contributed by atoms with Crippen molar-refractivity contribution in [2.45, 2.75) is 12.6 Å². The number of carbonyl (C=O) groups is 1. The van der Waals surface area contributed by atoms with Gasteiger partial charge in [0.05, 0.1) is 20.2 Å². The smallest absolute Gasteiger partial charge is 0.323 e. The number of hydrogen-bond acceptors (Lipinski definition) is 4. The van der Waals surface area contributed by atoms with E-state index in [1.807, 2.05) is 30.3 Å². The number of ether oxygens (including phenoxy) is 1. The Labute approximate surface area is 118 Å². The number of esters is 1. The van der Waals surface area contributed by atoms with E-state index < -0.39 is 12.0 Å². The molecule has 6 nitrogen and oxygen atoms in total. The van der Waals surface area contributed by atoms with E-state index in [2.05, 4.69) is 15.9 Å². The van der Waals surface area contributed by atoms with E-state index in [1.165, 1.54) is 7.11 Å². The lowest BCUT2D eigenvalue weighted by Gasteiger charge is -2.27. The Bertz CT molecular complexity index is 518. The largest absolute Gasteiger partial charge is 0.468 e. The number of benzene rings is 1. The Morgan fingerprint density at radius 2 is 2.25 bits per heavy atom. The van der Waals surface area contributed by atoms with Crippen LogP contribution in [0.25, 0.3) is 10.4 Å². The van der Waals surface area contributed by atoms with Crippen LogP contribution < -0.4 is 0 Å². The molecule has 0 aliphatic heterocycles. The van der Waals surface area contributed by atoms with E-state index in [0.29, 0.717) is 6.54 Å². The third-order valence-electron chi connectivity index (χ3n) is 2.75. The third kappa shape index (κ3) is 4.65. The lowest BCUT2D eigenvalue weighted by Crippen LogP contribution is -2.43. The standard InChI is InChI=1S/C14H16N4O2/c1-3-9-18(11-12-7-5-4-6-8-12)13(10-16-17-15)14(19)20-2/h1,4-8,13H,9-11H2,2H3/t13-/m0/s1. The van der Waals surface area contributed by atoms with Crippen molar-refractivity contribution in [3.8, 4) is 12.3 Å². The summed E-state index contributed by atoms with van der Waals surface area (Å²) in [5.74, 6) is 2.04. The second-order valence-electron chi connectivity index (χ2n) is 4.05. The minimum atomic E-state index is -0.688. The molecule has 0 aliphatic rings. The molecule has 0 unspecified atom stereocenters. The maximum atomic E-state index is 11.8. The number of azide groups is 1. The van der Waals surface area contributed by atoms with E-state index >= 15 is 0 Å². The molecule has 0 aromatic heterocycles. The monoisotopic (exact) mass is 272 g/mol. The average molecular weight is 272 g/mol. The molecule has 0 N–H and O–H groups in total. The molecular formula is C14H16N4O2. The Morgan fingerprint density at radius 1 is 1.55 bits per heavy atom. The van der Waals surface area contributed by atoms with Crippen LogP contribution in [0.15, 0.2) is 35.4 Å². The highest BCUT2D eigenvalue weighted by molar-refractivity contribution is 5.76. The summed E-state index contributed by atoms with van der Waals surface area (Å²) in [5, 5.41) is 3.46. The minimum absolute atomic E-state index is 0.0162. The Balaban J connectivity index is 2.92. The first kappa shape index (κ1) is 15.6. The molecule has 0 saturated heterocycles. The van der Waals surface area contributed by atoms with Gasteiger partial charge < -0.3 is 4.74 Å². The third-order valence-corrected chi connectivity index (χ3v) is 2.75. The zero-order chi connectivity index (χ0) is 14.8. The van der Waals surface area contributed by atoms with Crippen LogP contribution in [0.4, 0.5) is 0 Å². The Kier molecular flexibility index (Phi) is 6.69. The summed E-state index contributed by atoms with van der Waals surface area (Å²) in [4.78, 5) is 16.2. The number of hydrogen-bond donors (Lipinski definition) is 0. The highest BCUT2D eigenvalue weighted by atomic mass is 16.5. The fourth-order valence-corrected chi connectivity index (χ4v) is 1.80. The number of carbonyl (C=O) groups excluding carboxylic acids is 1. The van der Waals surface area contributed by atoms with E-state index in [4.69, 9.17) is 16.7 Å². The zero-order valence-electron chi connectivity index (χ0n) is 11.3. The van der Waals surface area contributed by atoms with Crippen molar-refractivity contribution in [2.75, 3.05) is 20.2 Å². The summed E-state index contributed by atoms with van der Waals surface area (Å²) in [5.41, 5.74) is 9.43.